The number of hydrogen-bond donors (Lipinski definition) is 1. The van der Waals surface area contributed by atoms with Crippen LogP contribution in [0.5, 0.6) is 17.2 Å². The van der Waals surface area contributed by atoms with Gasteiger partial charge in [-0.3, -0.25) is 0 Å². The van der Waals surface area contributed by atoms with Crippen molar-refractivity contribution in [1.29, 1.82) is 0 Å². The summed E-state index contributed by atoms with van der Waals surface area (Å²) in [5.74, 6) is 0.917. The highest BCUT2D eigenvalue weighted by atomic mass is 32.2. The lowest BCUT2D eigenvalue weighted by Gasteiger charge is -2.16. The zero-order chi connectivity index (χ0) is 25.7. The van der Waals surface area contributed by atoms with Crippen molar-refractivity contribution in [2.45, 2.75) is 18.0 Å². The molecule has 1 N–H and O–H groups in total. The Morgan fingerprint density at radius 2 is 1.67 bits per heavy atom. The Kier molecular flexibility index (Phi) is 7.51. The summed E-state index contributed by atoms with van der Waals surface area (Å²) in [5.41, 5.74) is 2.30. The van der Waals surface area contributed by atoms with Gasteiger partial charge >= 0.3 is 0 Å². The third kappa shape index (κ3) is 5.64. The van der Waals surface area contributed by atoms with Crippen molar-refractivity contribution < 1.29 is 27.0 Å². The molecule has 0 fully saturated rings. The molecule has 188 valence electrons. The molecule has 4 aromatic rings. The first-order valence-electron chi connectivity index (χ1n) is 10.9. The molecule has 1 heterocycles. The van der Waals surface area contributed by atoms with E-state index in [0.29, 0.717) is 34.9 Å². The van der Waals surface area contributed by atoms with E-state index in [-0.39, 0.29) is 23.0 Å². The van der Waals surface area contributed by atoms with Crippen LogP contribution in [0.1, 0.15) is 11.3 Å². The molecule has 0 radical (unpaired) electrons. The van der Waals surface area contributed by atoms with Crippen LogP contribution in [0.3, 0.4) is 0 Å². The van der Waals surface area contributed by atoms with Crippen molar-refractivity contribution in [2.75, 3.05) is 21.3 Å². The molecule has 0 aliphatic rings. The first-order valence-corrected chi connectivity index (χ1v) is 12.3. The number of nitrogens with one attached hydrogen (secondary N) is 1. The summed E-state index contributed by atoms with van der Waals surface area (Å²) in [5, 5.41) is 8.07. The van der Waals surface area contributed by atoms with E-state index in [9.17, 15) is 12.8 Å². The summed E-state index contributed by atoms with van der Waals surface area (Å²) in [4.78, 5) is 0.00658. The second-order valence-electron chi connectivity index (χ2n) is 7.79. The zero-order valence-electron chi connectivity index (χ0n) is 19.9. The van der Waals surface area contributed by atoms with Crippen LogP contribution in [0.25, 0.3) is 11.1 Å². The van der Waals surface area contributed by atoms with Gasteiger partial charge in [0.25, 0.3) is 0 Å². The summed E-state index contributed by atoms with van der Waals surface area (Å²) in [7, 11) is 0.442. The lowest BCUT2D eigenvalue weighted by Crippen LogP contribution is -2.24. The number of ether oxygens (including phenoxy) is 3. The SMILES string of the molecule is COc1cccc(-c2cc(OC)c(OC)cc2S(=O)(=O)NCc2cn(Cc3ccc(F)cc3)nn2)c1. The van der Waals surface area contributed by atoms with E-state index in [0.717, 1.165) is 5.56 Å². The van der Waals surface area contributed by atoms with E-state index in [1.54, 1.807) is 53.3 Å². The summed E-state index contributed by atoms with van der Waals surface area (Å²) < 4.78 is 60.1. The molecule has 0 saturated heterocycles. The van der Waals surface area contributed by atoms with E-state index in [2.05, 4.69) is 15.0 Å². The number of sulfonamides is 1. The third-order valence-corrected chi connectivity index (χ3v) is 6.88. The molecular weight excluding hydrogens is 487 g/mol. The fourth-order valence-electron chi connectivity index (χ4n) is 3.62. The van der Waals surface area contributed by atoms with Crippen LogP contribution in [0.4, 0.5) is 4.39 Å². The van der Waals surface area contributed by atoms with E-state index in [1.165, 1.54) is 39.5 Å². The monoisotopic (exact) mass is 512 g/mol. The highest BCUT2D eigenvalue weighted by Gasteiger charge is 2.24. The lowest BCUT2D eigenvalue weighted by molar-refractivity contribution is 0.354. The molecule has 0 saturated carbocycles. The smallest absolute Gasteiger partial charge is 0.241 e. The first-order chi connectivity index (χ1) is 17.3. The van der Waals surface area contributed by atoms with Gasteiger partial charge in [-0.15, -0.1) is 5.10 Å². The Labute approximate surface area is 208 Å². The molecule has 0 aliphatic heterocycles. The standard InChI is InChI=1S/C25H25FN4O5S/c1-33-21-6-4-5-18(11-21)22-12-23(34-2)24(35-3)13-25(22)36(31,32)27-14-20-16-30(29-28-20)15-17-7-9-19(26)10-8-17/h4-13,16,27H,14-15H2,1-3H3. The normalized spacial score (nSPS) is 11.3. The van der Waals surface area contributed by atoms with E-state index in [1.807, 2.05) is 0 Å². The Morgan fingerprint density at radius 1 is 0.944 bits per heavy atom. The minimum Gasteiger partial charge on any atom is -0.497 e. The molecule has 0 spiro atoms. The number of methoxy groups -OCH3 is 3. The van der Waals surface area contributed by atoms with Crippen LogP contribution >= 0.6 is 0 Å². The molecule has 1 aromatic heterocycles. The van der Waals surface area contributed by atoms with E-state index in [4.69, 9.17) is 14.2 Å². The molecular formula is C25H25FN4O5S. The van der Waals surface area contributed by atoms with Crippen LogP contribution in [-0.2, 0) is 23.1 Å². The van der Waals surface area contributed by atoms with Crippen molar-refractivity contribution in [2.24, 2.45) is 0 Å². The topological polar surface area (TPSA) is 105 Å². The molecule has 0 bridgehead atoms. The number of halogens is 1. The highest BCUT2D eigenvalue weighted by Crippen LogP contribution is 2.38. The van der Waals surface area contributed by atoms with Gasteiger partial charge in [0.1, 0.15) is 11.6 Å². The molecule has 0 aliphatic carbocycles. The number of aromatic nitrogens is 3. The Hall–Kier alpha value is -3.96. The summed E-state index contributed by atoms with van der Waals surface area (Å²) >= 11 is 0. The fraction of sp³-hybridized carbons (Fsp3) is 0.200. The largest absolute Gasteiger partial charge is 0.497 e. The predicted octanol–water partition coefficient (Wildman–Crippen LogP) is 3.64. The minimum absolute atomic E-state index is 0.00658. The van der Waals surface area contributed by atoms with Crippen molar-refractivity contribution >= 4 is 10.0 Å². The van der Waals surface area contributed by atoms with Gasteiger partial charge in [-0.2, -0.15) is 0 Å². The molecule has 9 nitrogen and oxygen atoms in total. The van der Waals surface area contributed by atoms with Crippen LogP contribution < -0.4 is 18.9 Å². The van der Waals surface area contributed by atoms with Crippen molar-refractivity contribution in [3.05, 3.63) is 83.9 Å². The van der Waals surface area contributed by atoms with Gasteiger partial charge in [-0.1, -0.05) is 29.5 Å². The second-order valence-corrected chi connectivity index (χ2v) is 9.53. The fourth-order valence-corrected chi connectivity index (χ4v) is 4.84. The maximum absolute atomic E-state index is 13.4. The number of nitrogens with zero attached hydrogens (tertiary/aromatic N) is 3. The maximum atomic E-state index is 13.4. The van der Waals surface area contributed by atoms with Gasteiger partial charge in [-0.25, -0.2) is 22.2 Å². The van der Waals surface area contributed by atoms with Crippen LogP contribution in [-0.4, -0.2) is 44.7 Å². The first kappa shape index (κ1) is 25.1. The van der Waals surface area contributed by atoms with Crippen molar-refractivity contribution in [1.82, 2.24) is 19.7 Å². The van der Waals surface area contributed by atoms with Crippen molar-refractivity contribution in [3.63, 3.8) is 0 Å². The summed E-state index contributed by atoms with van der Waals surface area (Å²) in [6, 6.07) is 16.1. The van der Waals surface area contributed by atoms with Gasteiger partial charge in [0.2, 0.25) is 10.0 Å². The average Bonchev–Trinajstić information content (AvgIpc) is 3.35. The molecule has 3 aromatic carbocycles. The Balaban J connectivity index is 1.61. The molecule has 11 heteroatoms. The summed E-state index contributed by atoms with van der Waals surface area (Å²) in [6.07, 6.45) is 1.63. The van der Waals surface area contributed by atoms with E-state index < -0.39 is 10.0 Å². The number of rotatable bonds is 10. The molecule has 36 heavy (non-hydrogen) atoms. The van der Waals surface area contributed by atoms with E-state index >= 15 is 0 Å². The van der Waals surface area contributed by atoms with Crippen LogP contribution in [0.2, 0.25) is 0 Å². The third-order valence-electron chi connectivity index (χ3n) is 5.44. The minimum atomic E-state index is -4.01. The molecule has 0 atom stereocenters. The van der Waals surface area contributed by atoms with Gasteiger partial charge in [0.05, 0.1) is 51.2 Å². The summed E-state index contributed by atoms with van der Waals surface area (Å²) in [6.45, 7) is 0.285. The van der Waals surface area contributed by atoms with Crippen LogP contribution in [0.15, 0.2) is 71.8 Å². The number of hydrogen-bond acceptors (Lipinski definition) is 7. The molecule has 4 rings (SSSR count). The van der Waals surface area contributed by atoms with Gasteiger partial charge in [-0.05, 0) is 41.5 Å². The zero-order valence-corrected chi connectivity index (χ0v) is 20.8. The quantitative estimate of drug-likeness (QED) is 0.346. The molecule has 0 amide bonds. The second kappa shape index (κ2) is 10.8. The average molecular weight is 513 g/mol. The Bertz CT molecular complexity index is 1460. The van der Waals surface area contributed by atoms with Crippen LogP contribution in [0, 0.1) is 5.82 Å². The van der Waals surface area contributed by atoms with Crippen molar-refractivity contribution in [3.8, 4) is 28.4 Å². The lowest BCUT2D eigenvalue weighted by atomic mass is 10.0. The maximum Gasteiger partial charge on any atom is 0.241 e. The Morgan fingerprint density at radius 3 is 2.36 bits per heavy atom. The van der Waals surface area contributed by atoms with Gasteiger partial charge < -0.3 is 14.2 Å². The van der Waals surface area contributed by atoms with Gasteiger partial charge in [0, 0.05) is 11.6 Å². The highest BCUT2D eigenvalue weighted by molar-refractivity contribution is 7.89. The van der Waals surface area contributed by atoms with Gasteiger partial charge in [0.15, 0.2) is 11.5 Å². The predicted molar refractivity (Wildman–Crippen MR) is 131 cm³/mol. The number of benzene rings is 3. The molecule has 0 unspecified atom stereocenters.